The van der Waals surface area contributed by atoms with Crippen LogP contribution in [0, 0.1) is 30.2 Å². The molecule has 0 radical (unpaired) electrons. The summed E-state index contributed by atoms with van der Waals surface area (Å²) < 4.78 is 57.2. The Morgan fingerprint density at radius 1 is 0.667 bits per heavy atom. The Kier molecular flexibility index (Phi) is 5.64. The van der Waals surface area contributed by atoms with Gasteiger partial charge in [-0.1, -0.05) is 37.6 Å². The van der Waals surface area contributed by atoms with Crippen molar-refractivity contribution in [3.63, 3.8) is 0 Å². The van der Waals surface area contributed by atoms with Crippen LogP contribution in [0.2, 0.25) is 0 Å². The first-order valence-electron chi connectivity index (χ1n) is 8.95. The number of halogens is 4. The second-order valence-corrected chi connectivity index (χ2v) is 6.72. The van der Waals surface area contributed by atoms with Gasteiger partial charge in [-0.25, -0.2) is 17.6 Å². The first-order chi connectivity index (χ1) is 12.9. The minimum absolute atomic E-state index is 0.133. The van der Waals surface area contributed by atoms with Crippen LogP contribution in [0.3, 0.4) is 0 Å². The van der Waals surface area contributed by atoms with Gasteiger partial charge in [0.2, 0.25) is 0 Å². The lowest BCUT2D eigenvalue weighted by Crippen LogP contribution is -1.96. The van der Waals surface area contributed by atoms with E-state index >= 15 is 0 Å². The summed E-state index contributed by atoms with van der Waals surface area (Å²) in [5.74, 6) is -2.61. The van der Waals surface area contributed by atoms with Crippen LogP contribution >= 0.6 is 0 Å². The summed E-state index contributed by atoms with van der Waals surface area (Å²) in [6.07, 6.45) is 2.43. The Morgan fingerprint density at radius 3 is 1.48 bits per heavy atom. The van der Waals surface area contributed by atoms with Crippen LogP contribution in [0.5, 0.6) is 0 Å². The van der Waals surface area contributed by atoms with E-state index in [1.807, 2.05) is 6.92 Å². The van der Waals surface area contributed by atoms with Crippen molar-refractivity contribution in [3.05, 3.63) is 82.9 Å². The molecule has 0 bridgehead atoms. The summed E-state index contributed by atoms with van der Waals surface area (Å²) >= 11 is 0. The molecule has 3 aromatic carbocycles. The summed E-state index contributed by atoms with van der Waals surface area (Å²) in [4.78, 5) is 0. The maximum atomic E-state index is 14.5. The lowest BCUT2D eigenvalue weighted by atomic mass is 9.97. The first-order valence-corrected chi connectivity index (χ1v) is 8.95. The SMILES string of the molecule is CCCCc1cc(F)c(-c2ccc(-c3c(F)cc(C)cc3F)cc2)c(F)c1. The third-order valence-corrected chi connectivity index (χ3v) is 4.57. The van der Waals surface area contributed by atoms with Gasteiger partial charge in [0, 0.05) is 0 Å². The van der Waals surface area contributed by atoms with Gasteiger partial charge >= 0.3 is 0 Å². The lowest BCUT2D eigenvalue weighted by molar-refractivity contribution is 0.584. The van der Waals surface area contributed by atoms with Crippen molar-refractivity contribution >= 4 is 0 Å². The predicted molar refractivity (Wildman–Crippen MR) is 100 cm³/mol. The van der Waals surface area contributed by atoms with Crippen molar-refractivity contribution in [3.8, 4) is 22.3 Å². The van der Waals surface area contributed by atoms with E-state index < -0.39 is 23.3 Å². The molecule has 3 rings (SSSR count). The summed E-state index contributed by atoms with van der Waals surface area (Å²) in [6.45, 7) is 3.62. The van der Waals surface area contributed by atoms with E-state index in [1.54, 1.807) is 6.92 Å². The van der Waals surface area contributed by atoms with E-state index in [0.29, 0.717) is 28.7 Å². The molecule has 0 spiro atoms. The van der Waals surface area contributed by atoms with Crippen LogP contribution in [-0.4, -0.2) is 0 Å². The largest absolute Gasteiger partial charge is 0.206 e. The molecular weight excluding hydrogens is 352 g/mol. The summed E-state index contributed by atoms with van der Waals surface area (Å²) in [5.41, 5.74) is 1.46. The van der Waals surface area contributed by atoms with E-state index in [2.05, 4.69) is 0 Å². The molecule has 0 heterocycles. The predicted octanol–water partition coefficient (Wildman–Crippen LogP) is 7.23. The van der Waals surface area contributed by atoms with Gasteiger partial charge < -0.3 is 0 Å². The van der Waals surface area contributed by atoms with Gasteiger partial charge in [0.05, 0.1) is 11.1 Å². The summed E-state index contributed by atoms with van der Waals surface area (Å²) in [5, 5.41) is 0. The highest BCUT2D eigenvalue weighted by atomic mass is 19.1. The molecule has 0 aliphatic carbocycles. The zero-order valence-electron chi connectivity index (χ0n) is 15.3. The molecule has 0 aliphatic rings. The van der Waals surface area contributed by atoms with Crippen LogP contribution in [-0.2, 0) is 6.42 Å². The van der Waals surface area contributed by atoms with Crippen molar-refractivity contribution in [1.29, 1.82) is 0 Å². The Balaban J connectivity index is 1.97. The monoisotopic (exact) mass is 372 g/mol. The topological polar surface area (TPSA) is 0 Å². The second kappa shape index (κ2) is 7.95. The van der Waals surface area contributed by atoms with Crippen molar-refractivity contribution in [2.45, 2.75) is 33.1 Å². The normalized spacial score (nSPS) is 11.0. The average molecular weight is 372 g/mol. The minimum Gasteiger partial charge on any atom is -0.206 e. The molecule has 0 saturated heterocycles. The number of unbranched alkanes of at least 4 members (excludes halogenated alkanes) is 1. The highest BCUT2D eigenvalue weighted by molar-refractivity contribution is 5.72. The van der Waals surface area contributed by atoms with Crippen LogP contribution in [0.4, 0.5) is 17.6 Å². The summed E-state index contributed by atoms with van der Waals surface area (Å²) in [7, 11) is 0. The van der Waals surface area contributed by atoms with Gasteiger partial charge in [-0.05, 0) is 66.3 Å². The Hall–Kier alpha value is -2.62. The molecule has 0 aliphatic heterocycles. The van der Waals surface area contributed by atoms with Crippen molar-refractivity contribution in [2.24, 2.45) is 0 Å². The molecule has 0 saturated carbocycles. The quantitative estimate of drug-likeness (QED) is 0.415. The van der Waals surface area contributed by atoms with Gasteiger partial charge in [0.25, 0.3) is 0 Å². The van der Waals surface area contributed by atoms with E-state index in [0.717, 1.165) is 12.8 Å². The maximum absolute atomic E-state index is 14.5. The molecule has 0 N–H and O–H groups in total. The van der Waals surface area contributed by atoms with Crippen molar-refractivity contribution in [2.75, 3.05) is 0 Å². The number of aryl methyl sites for hydroxylation is 2. The van der Waals surface area contributed by atoms with Gasteiger partial charge in [0.1, 0.15) is 23.3 Å². The smallest absolute Gasteiger partial charge is 0.134 e. The molecule has 0 fully saturated rings. The highest BCUT2D eigenvalue weighted by Crippen LogP contribution is 2.32. The fourth-order valence-electron chi connectivity index (χ4n) is 3.21. The zero-order chi connectivity index (χ0) is 19.6. The number of hydrogen-bond donors (Lipinski definition) is 0. The molecule has 0 atom stereocenters. The van der Waals surface area contributed by atoms with Gasteiger partial charge in [0.15, 0.2) is 0 Å². The molecule has 0 amide bonds. The van der Waals surface area contributed by atoms with Gasteiger partial charge in [-0.2, -0.15) is 0 Å². The van der Waals surface area contributed by atoms with Crippen molar-refractivity contribution < 1.29 is 17.6 Å². The first kappa shape index (κ1) is 19.2. The molecule has 140 valence electrons. The second-order valence-electron chi connectivity index (χ2n) is 6.72. The molecular formula is C23H20F4. The summed E-state index contributed by atoms with van der Waals surface area (Å²) in [6, 6.07) is 11.1. The molecule has 3 aromatic rings. The standard InChI is InChI=1S/C23H20F4/c1-3-4-5-15-12-20(26)23(21(27)13-15)17-8-6-16(7-9-17)22-18(24)10-14(2)11-19(22)25/h6-13H,3-5H2,1-2H3. The number of benzene rings is 3. The van der Waals surface area contributed by atoms with E-state index in [4.69, 9.17) is 0 Å². The van der Waals surface area contributed by atoms with Crippen LogP contribution in [0.1, 0.15) is 30.9 Å². The third-order valence-electron chi connectivity index (χ3n) is 4.57. The molecule has 0 nitrogen and oxygen atoms in total. The van der Waals surface area contributed by atoms with E-state index in [1.165, 1.54) is 48.5 Å². The maximum Gasteiger partial charge on any atom is 0.134 e. The highest BCUT2D eigenvalue weighted by Gasteiger charge is 2.16. The van der Waals surface area contributed by atoms with Crippen molar-refractivity contribution in [1.82, 2.24) is 0 Å². The molecule has 0 aromatic heterocycles. The number of hydrogen-bond acceptors (Lipinski definition) is 0. The van der Waals surface area contributed by atoms with Gasteiger partial charge in [-0.15, -0.1) is 0 Å². The minimum atomic E-state index is -0.669. The third kappa shape index (κ3) is 4.05. The van der Waals surface area contributed by atoms with Crippen LogP contribution in [0.15, 0.2) is 48.5 Å². The average Bonchev–Trinajstić information content (AvgIpc) is 2.60. The van der Waals surface area contributed by atoms with Crippen LogP contribution in [0.25, 0.3) is 22.3 Å². The fraction of sp³-hybridized carbons (Fsp3) is 0.217. The Labute approximate surface area is 156 Å². The van der Waals surface area contributed by atoms with E-state index in [9.17, 15) is 17.6 Å². The number of rotatable bonds is 5. The van der Waals surface area contributed by atoms with Gasteiger partial charge in [-0.3, -0.25) is 0 Å². The lowest BCUT2D eigenvalue weighted by Gasteiger charge is -2.11. The Morgan fingerprint density at radius 2 is 1.07 bits per heavy atom. The molecule has 4 heteroatoms. The van der Waals surface area contributed by atoms with Crippen LogP contribution < -0.4 is 0 Å². The molecule has 27 heavy (non-hydrogen) atoms. The molecule has 0 unspecified atom stereocenters. The zero-order valence-corrected chi connectivity index (χ0v) is 15.3. The Bertz CT molecular complexity index is 913. The fourth-order valence-corrected chi connectivity index (χ4v) is 3.21. The van der Waals surface area contributed by atoms with E-state index in [-0.39, 0.29) is 11.1 Å².